The number of benzene rings is 1. The van der Waals surface area contributed by atoms with Gasteiger partial charge in [0.05, 0.1) is 11.4 Å². The number of hydrogen-bond acceptors (Lipinski definition) is 5. The molecule has 0 atom stereocenters. The lowest BCUT2D eigenvalue weighted by Gasteiger charge is -2.19. The van der Waals surface area contributed by atoms with Crippen molar-refractivity contribution >= 4 is 17.6 Å². The molecule has 0 radical (unpaired) electrons. The monoisotopic (exact) mass is 306 g/mol. The standard InChI is InChI=1S/C15H19FN4S/c1-15(2,3)12-8-13(20-17)19-14(18-12)9-21-11-6-4-5-10(16)7-11/h4-8H,9,17H2,1-3H3,(H,18,19,20). The van der Waals surface area contributed by atoms with Gasteiger partial charge in [0.25, 0.3) is 0 Å². The zero-order chi connectivity index (χ0) is 15.5. The Morgan fingerprint density at radius 1 is 1.24 bits per heavy atom. The van der Waals surface area contributed by atoms with Crippen molar-refractivity contribution in [1.29, 1.82) is 0 Å². The van der Waals surface area contributed by atoms with Crippen molar-refractivity contribution in [3.63, 3.8) is 0 Å². The van der Waals surface area contributed by atoms with Gasteiger partial charge in [0, 0.05) is 16.4 Å². The third kappa shape index (κ3) is 4.41. The van der Waals surface area contributed by atoms with Crippen molar-refractivity contribution in [2.75, 3.05) is 5.43 Å². The topological polar surface area (TPSA) is 63.8 Å². The molecule has 0 fully saturated rings. The molecule has 0 bridgehead atoms. The first-order valence-corrected chi connectivity index (χ1v) is 7.60. The first-order chi connectivity index (χ1) is 9.88. The number of anilines is 1. The molecule has 21 heavy (non-hydrogen) atoms. The molecule has 2 aromatic rings. The van der Waals surface area contributed by atoms with Gasteiger partial charge < -0.3 is 5.43 Å². The second kappa shape index (κ2) is 6.41. The summed E-state index contributed by atoms with van der Waals surface area (Å²) in [6.45, 7) is 6.25. The molecule has 0 aliphatic rings. The van der Waals surface area contributed by atoms with Gasteiger partial charge in [-0.05, 0) is 18.2 Å². The van der Waals surface area contributed by atoms with Crippen LogP contribution in [0.2, 0.25) is 0 Å². The van der Waals surface area contributed by atoms with Crippen LogP contribution in [0, 0.1) is 5.82 Å². The van der Waals surface area contributed by atoms with Crippen LogP contribution in [0.1, 0.15) is 32.3 Å². The molecule has 112 valence electrons. The highest BCUT2D eigenvalue weighted by Gasteiger charge is 2.18. The average molecular weight is 306 g/mol. The first kappa shape index (κ1) is 15.7. The molecule has 0 spiro atoms. The number of nitrogens with two attached hydrogens (primary N) is 1. The van der Waals surface area contributed by atoms with E-state index >= 15 is 0 Å². The predicted molar refractivity (Wildman–Crippen MR) is 84.5 cm³/mol. The van der Waals surface area contributed by atoms with Crippen LogP contribution in [0.25, 0.3) is 0 Å². The number of halogens is 1. The highest BCUT2D eigenvalue weighted by atomic mass is 32.2. The lowest BCUT2D eigenvalue weighted by atomic mass is 9.92. The molecular weight excluding hydrogens is 287 g/mol. The maximum absolute atomic E-state index is 13.2. The van der Waals surface area contributed by atoms with E-state index in [1.54, 1.807) is 6.07 Å². The van der Waals surface area contributed by atoms with Crippen LogP contribution in [0.5, 0.6) is 0 Å². The predicted octanol–water partition coefficient (Wildman–Crippen LogP) is 3.49. The molecule has 0 amide bonds. The summed E-state index contributed by atoms with van der Waals surface area (Å²) in [6.07, 6.45) is 0. The van der Waals surface area contributed by atoms with Crippen molar-refractivity contribution in [2.45, 2.75) is 36.8 Å². The lowest BCUT2D eigenvalue weighted by molar-refractivity contribution is 0.564. The van der Waals surface area contributed by atoms with E-state index in [0.717, 1.165) is 10.6 Å². The van der Waals surface area contributed by atoms with Crippen LogP contribution in [-0.4, -0.2) is 9.97 Å². The van der Waals surface area contributed by atoms with Crippen LogP contribution in [0.4, 0.5) is 10.2 Å². The van der Waals surface area contributed by atoms with Gasteiger partial charge in [0.15, 0.2) is 0 Å². The average Bonchev–Trinajstić information content (AvgIpc) is 2.44. The van der Waals surface area contributed by atoms with Crippen molar-refractivity contribution in [2.24, 2.45) is 5.84 Å². The number of rotatable bonds is 4. The summed E-state index contributed by atoms with van der Waals surface area (Å²) in [7, 11) is 0. The fraction of sp³-hybridized carbons (Fsp3) is 0.333. The Bertz CT molecular complexity index is 625. The summed E-state index contributed by atoms with van der Waals surface area (Å²) in [5, 5.41) is 0. The number of thioether (sulfide) groups is 1. The Balaban J connectivity index is 2.19. The Kier molecular flexibility index (Phi) is 4.80. The lowest BCUT2D eigenvalue weighted by Crippen LogP contribution is -2.18. The SMILES string of the molecule is CC(C)(C)c1cc(NN)nc(CSc2cccc(F)c2)n1. The Labute approximate surface area is 128 Å². The minimum Gasteiger partial charge on any atom is -0.308 e. The molecule has 0 aliphatic heterocycles. The van der Waals surface area contributed by atoms with Crippen LogP contribution in [0.15, 0.2) is 35.2 Å². The minimum absolute atomic E-state index is 0.0905. The number of hydrazine groups is 1. The van der Waals surface area contributed by atoms with E-state index in [-0.39, 0.29) is 11.2 Å². The summed E-state index contributed by atoms with van der Waals surface area (Å²) in [4.78, 5) is 9.76. The number of nitrogen functional groups attached to an aromatic ring is 1. The van der Waals surface area contributed by atoms with Crippen molar-refractivity contribution in [3.05, 3.63) is 47.7 Å². The summed E-state index contributed by atoms with van der Waals surface area (Å²) in [5.41, 5.74) is 3.39. The maximum Gasteiger partial charge on any atom is 0.143 e. The summed E-state index contributed by atoms with van der Waals surface area (Å²) in [5.74, 6) is 7.04. The molecular formula is C15H19FN4S. The molecule has 0 aliphatic carbocycles. The number of hydrogen-bond donors (Lipinski definition) is 2. The molecule has 0 saturated heterocycles. The van der Waals surface area contributed by atoms with Gasteiger partial charge in [0.2, 0.25) is 0 Å². The van der Waals surface area contributed by atoms with Gasteiger partial charge in [-0.2, -0.15) is 0 Å². The normalized spacial score (nSPS) is 11.5. The molecule has 3 N–H and O–H groups in total. The number of nitrogens with zero attached hydrogens (tertiary/aromatic N) is 2. The number of nitrogens with one attached hydrogen (secondary N) is 1. The van der Waals surface area contributed by atoms with Gasteiger partial charge >= 0.3 is 0 Å². The molecule has 0 unspecified atom stereocenters. The summed E-state index contributed by atoms with van der Waals surface area (Å²) < 4.78 is 13.2. The van der Waals surface area contributed by atoms with Gasteiger partial charge in [-0.15, -0.1) is 11.8 Å². The minimum atomic E-state index is -0.242. The van der Waals surface area contributed by atoms with Crippen LogP contribution < -0.4 is 11.3 Å². The molecule has 0 saturated carbocycles. The van der Waals surface area contributed by atoms with E-state index in [0.29, 0.717) is 17.4 Å². The molecule has 1 heterocycles. The highest BCUT2D eigenvalue weighted by Crippen LogP contribution is 2.25. The van der Waals surface area contributed by atoms with E-state index in [1.165, 1.54) is 23.9 Å². The van der Waals surface area contributed by atoms with E-state index < -0.39 is 0 Å². The fourth-order valence-electron chi connectivity index (χ4n) is 1.72. The Morgan fingerprint density at radius 3 is 2.62 bits per heavy atom. The van der Waals surface area contributed by atoms with E-state index in [2.05, 4.69) is 36.2 Å². The second-order valence-electron chi connectivity index (χ2n) is 5.70. The second-order valence-corrected chi connectivity index (χ2v) is 6.74. The van der Waals surface area contributed by atoms with E-state index in [1.807, 2.05) is 12.1 Å². The van der Waals surface area contributed by atoms with Gasteiger partial charge in [-0.1, -0.05) is 26.8 Å². The van der Waals surface area contributed by atoms with Crippen molar-refractivity contribution in [1.82, 2.24) is 9.97 Å². The highest BCUT2D eigenvalue weighted by molar-refractivity contribution is 7.98. The van der Waals surface area contributed by atoms with Gasteiger partial charge in [-0.3, -0.25) is 0 Å². The Morgan fingerprint density at radius 2 is 2.00 bits per heavy atom. The quantitative estimate of drug-likeness (QED) is 0.514. The third-order valence-electron chi connectivity index (χ3n) is 2.85. The fourth-order valence-corrected chi connectivity index (χ4v) is 2.52. The first-order valence-electron chi connectivity index (χ1n) is 6.62. The maximum atomic E-state index is 13.2. The van der Waals surface area contributed by atoms with Crippen LogP contribution >= 0.6 is 11.8 Å². The third-order valence-corrected chi connectivity index (χ3v) is 3.84. The van der Waals surface area contributed by atoms with Crippen molar-refractivity contribution in [3.8, 4) is 0 Å². The summed E-state index contributed by atoms with van der Waals surface area (Å²) in [6, 6.07) is 8.33. The van der Waals surface area contributed by atoms with E-state index in [4.69, 9.17) is 5.84 Å². The van der Waals surface area contributed by atoms with E-state index in [9.17, 15) is 4.39 Å². The Hall–Kier alpha value is -1.66. The largest absolute Gasteiger partial charge is 0.308 e. The van der Waals surface area contributed by atoms with Gasteiger partial charge in [0.1, 0.15) is 17.5 Å². The van der Waals surface area contributed by atoms with Crippen LogP contribution in [0.3, 0.4) is 0 Å². The number of aromatic nitrogens is 2. The molecule has 1 aromatic carbocycles. The van der Waals surface area contributed by atoms with Gasteiger partial charge in [-0.25, -0.2) is 20.2 Å². The zero-order valence-electron chi connectivity index (χ0n) is 12.4. The molecule has 2 rings (SSSR count). The smallest absolute Gasteiger partial charge is 0.143 e. The van der Waals surface area contributed by atoms with Crippen molar-refractivity contribution < 1.29 is 4.39 Å². The summed E-state index contributed by atoms with van der Waals surface area (Å²) >= 11 is 1.49. The van der Waals surface area contributed by atoms with Crippen LogP contribution in [-0.2, 0) is 11.2 Å². The molecule has 1 aromatic heterocycles. The molecule has 4 nitrogen and oxygen atoms in total. The zero-order valence-corrected chi connectivity index (χ0v) is 13.2. The molecule has 6 heteroatoms.